The second-order valence-corrected chi connectivity index (χ2v) is 7.14. The van der Waals surface area contributed by atoms with Crippen molar-refractivity contribution >= 4 is 40.9 Å². The van der Waals surface area contributed by atoms with Crippen LogP contribution in [0.4, 0.5) is 11.4 Å². The molecule has 0 spiro atoms. The number of nitriles is 1. The minimum atomic E-state index is -0.833. The van der Waals surface area contributed by atoms with Gasteiger partial charge in [0.2, 0.25) is 0 Å². The van der Waals surface area contributed by atoms with Crippen LogP contribution in [0, 0.1) is 21.4 Å². The number of nitrogens with zero attached hydrogens (tertiary/aromatic N) is 2. The van der Waals surface area contributed by atoms with Gasteiger partial charge in [-0.05, 0) is 42.5 Å². The molecule has 0 aliphatic rings. The van der Waals surface area contributed by atoms with Crippen LogP contribution in [0.1, 0.15) is 15.9 Å². The molecule has 3 aromatic carbocycles. The van der Waals surface area contributed by atoms with Crippen LogP contribution in [0.25, 0.3) is 6.08 Å². The summed E-state index contributed by atoms with van der Waals surface area (Å²) >= 11 is 5.84. The Hall–Kier alpha value is -4.68. The van der Waals surface area contributed by atoms with Crippen molar-refractivity contribution < 1.29 is 24.0 Å². The largest absolute Gasteiger partial charge is 0.495 e. The van der Waals surface area contributed by atoms with Crippen LogP contribution in [-0.4, -0.2) is 23.9 Å². The summed E-state index contributed by atoms with van der Waals surface area (Å²) in [5.41, 5.74) is -0.0198. The first-order valence-corrected chi connectivity index (χ1v) is 10.0. The molecule has 0 aliphatic heterocycles. The number of hydrogen-bond donors (Lipinski definition) is 1. The molecule has 0 aromatic heterocycles. The van der Waals surface area contributed by atoms with E-state index in [-0.39, 0.29) is 34.0 Å². The van der Waals surface area contributed by atoms with Crippen LogP contribution in [0.3, 0.4) is 0 Å². The Bertz CT molecular complexity index is 1330. The Morgan fingerprint density at radius 3 is 2.44 bits per heavy atom. The number of ether oxygens (including phenoxy) is 2. The Morgan fingerprint density at radius 1 is 1.09 bits per heavy atom. The Balaban J connectivity index is 1.87. The second-order valence-electron chi connectivity index (χ2n) is 6.70. The molecule has 170 valence electrons. The van der Waals surface area contributed by atoms with Gasteiger partial charge in [0.1, 0.15) is 23.1 Å². The molecule has 0 bridgehead atoms. The predicted molar refractivity (Wildman–Crippen MR) is 125 cm³/mol. The van der Waals surface area contributed by atoms with E-state index in [1.165, 1.54) is 43.5 Å². The molecule has 0 fully saturated rings. The number of methoxy groups -OCH3 is 1. The molecule has 3 rings (SSSR count). The topological polar surface area (TPSA) is 132 Å². The third-order valence-electron chi connectivity index (χ3n) is 4.51. The van der Waals surface area contributed by atoms with Gasteiger partial charge in [0.25, 0.3) is 11.6 Å². The number of carbonyl (C=O) groups is 2. The fourth-order valence-electron chi connectivity index (χ4n) is 2.84. The number of nitrogens with one attached hydrogen (secondary N) is 1. The van der Waals surface area contributed by atoms with E-state index in [0.717, 1.165) is 6.07 Å². The molecule has 0 atom stereocenters. The number of hydrogen-bond acceptors (Lipinski definition) is 7. The minimum Gasteiger partial charge on any atom is -0.495 e. The molecule has 0 aliphatic carbocycles. The number of rotatable bonds is 7. The highest BCUT2D eigenvalue weighted by Crippen LogP contribution is 2.30. The van der Waals surface area contributed by atoms with Gasteiger partial charge in [-0.15, -0.1) is 0 Å². The molecule has 0 saturated carbocycles. The highest BCUT2D eigenvalue weighted by Gasteiger charge is 2.17. The fraction of sp³-hybridized carbons (Fsp3) is 0.0417. The van der Waals surface area contributed by atoms with Crippen molar-refractivity contribution in [3.63, 3.8) is 0 Å². The van der Waals surface area contributed by atoms with Crippen molar-refractivity contribution in [3.05, 3.63) is 98.6 Å². The van der Waals surface area contributed by atoms with Crippen molar-refractivity contribution in [1.29, 1.82) is 5.26 Å². The maximum Gasteiger partial charge on any atom is 0.343 e. The van der Waals surface area contributed by atoms with E-state index in [1.807, 2.05) is 0 Å². The first-order chi connectivity index (χ1) is 16.3. The van der Waals surface area contributed by atoms with E-state index in [1.54, 1.807) is 36.4 Å². The molecule has 3 aromatic rings. The Labute approximate surface area is 198 Å². The van der Waals surface area contributed by atoms with Gasteiger partial charge in [0, 0.05) is 22.7 Å². The summed E-state index contributed by atoms with van der Waals surface area (Å²) in [6.45, 7) is 0. The lowest BCUT2D eigenvalue weighted by Gasteiger charge is -2.10. The van der Waals surface area contributed by atoms with Crippen molar-refractivity contribution in [2.24, 2.45) is 0 Å². The van der Waals surface area contributed by atoms with Crippen molar-refractivity contribution in [3.8, 4) is 17.6 Å². The molecule has 9 nitrogen and oxygen atoms in total. The zero-order valence-corrected chi connectivity index (χ0v) is 18.4. The van der Waals surface area contributed by atoms with Gasteiger partial charge >= 0.3 is 5.97 Å². The van der Waals surface area contributed by atoms with Crippen molar-refractivity contribution in [1.82, 2.24) is 0 Å². The number of esters is 1. The summed E-state index contributed by atoms with van der Waals surface area (Å²) in [6, 6.07) is 17.9. The average molecular weight is 478 g/mol. The number of carbonyl (C=O) groups excluding carboxylic acids is 2. The smallest absolute Gasteiger partial charge is 0.343 e. The van der Waals surface area contributed by atoms with Crippen LogP contribution in [0.15, 0.2) is 72.3 Å². The normalized spacial score (nSPS) is 10.7. The van der Waals surface area contributed by atoms with E-state index in [0.29, 0.717) is 10.6 Å². The molecule has 1 amide bonds. The first kappa shape index (κ1) is 24.0. The van der Waals surface area contributed by atoms with Gasteiger partial charge in [-0.1, -0.05) is 29.8 Å². The van der Waals surface area contributed by atoms with Crippen LogP contribution >= 0.6 is 11.6 Å². The standard InChI is InChI=1S/C24H16ClN3O6/c1-33-22-11-10-19(28(31)32)13-20(22)27-23(29)17(14-26)12-16-4-2-3-5-21(16)34-24(30)15-6-8-18(25)9-7-15/h2-13H,1H3,(H,27,29)/b17-12+. The van der Waals surface area contributed by atoms with Gasteiger partial charge in [-0.3, -0.25) is 14.9 Å². The Morgan fingerprint density at radius 2 is 1.79 bits per heavy atom. The van der Waals surface area contributed by atoms with Crippen molar-refractivity contribution in [2.75, 3.05) is 12.4 Å². The third kappa shape index (κ3) is 5.76. The molecule has 0 saturated heterocycles. The lowest BCUT2D eigenvalue weighted by Crippen LogP contribution is -2.14. The van der Waals surface area contributed by atoms with E-state index < -0.39 is 16.8 Å². The summed E-state index contributed by atoms with van der Waals surface area (Å²) in [5, 5.41) is 23.5. The summed E-state index contributed by atoms with van der Waals surface area (Å²) in [4.78, 5) is 35.6. The highest BCUT2D eigenvalue weighted by atomic mass is 35.5. The molecule has 0 radical (unpaired) electrons. The monoisotopic (exact) mass is 477 g/mol. The van der Waals surface area contributed by atoms with Gasteiger partial charge in [-0.2, -0.15) is 5.26 Å². The van der Waals surface area contributed by atoms with Crippen LogP contribution < -0.4 is 14.8 Å². The maximum absolute atomic E-state index is 12.7. The van der Waals surface area contributed by atoms with Gasteiger partial charge in [0.05, 0.1) is 23.3 Å². The third-order valence-corrected chi connectivity index (χ3v) is 4.76. The molecular weight excluding hydrogens is 462 g/mol. The molecule has 34 heavy (non-hydrogen) atoms. The van der Waals surface area contributed by atoms with Crippen molar-refractivity contribution in [2.45, 2.75) is 0 Å². The number of benzene rings is 3. The zero-order chi connectivity index (χ0) is 24.7. The number of nitro benzene ring substituents is 1. The zero-order valence-electron chi connectivity index (χ0n) is 17.7. The van der Waals surface area contributed by atoms with Crippen LogP contribution in [0.2, 0.25) is 5.02 Å². The fourth-order valence-corrected chi connectivity index (χ4v) is 2.96. The number of nitro groups is 1. The maximum atomic E-state index is 12.7. The van der Waals surface area contributed by atoms with E-state index in [4.69, 9.17) is 21.1 Å². The molecule has 0 heterocycles. The number of amides is 1. The number of anilines is 1. The highest BCUT2D eigenvalue weighted by molar-refractivity contribution is 6.30. The number of halogens is 1. The van der Waals surface area contributed by atoms with Gasteiger partial charge < -0.3 is 14.8 Å². The number of non-ortho nitro benzene ring substituents is 1. The predicted octanol–water partition coefficient (Wildman–Crippen LogP) is 5.02. The summed E-state index contributed by atoms with van der Waals surface area (Å²) in [6.07, 6.45) is 1.24. The molecular formula is C24H16ClN3O6. The summed E-state index contributed by atoms with van der Waals surface area (Å²) in [7, 11) is 1.34. The lowest BCUT2D eigenvalue weighted by atomic mass is 10.1. The molecule has 0 unspecified atom stereocenters. The minimum absolute atomic E-state index is 0.0188. The second kappa shape index (κ2) is 10.8. The summed E-state index contributed by atoms with van der Waals surface area (Å²) < 4.78 is 10.6. The molecule has 10 heteroatoms. The number of para-hydroxylation sites is 1. The van der Waals surface area contributed by atoms with Crippen LogP contribution in [0.5, 0.6) is 11.5 Å². The van der Waals surface area contributed by atoms with E-state index in [9.17, 15) is 25.0 Å². The molecule has 1 N–H and O–H groups in total. The SMILES string of the molecule is COc1ccc([N+](=O)[O-])cc1NC(=O)/C(C#N)=C/c1ccccc1OC(=O)c1ccc(Cl)cc1. The Kier molecular flexibility index (Phi) is 7.59. The van der Waals surface area contributed by atoms with E-state index in [2.05, 4.69) is 5.32 Å². The first-order valence-electron chi connectivity index (χ1n) is 9.64. The van der Waals surface area contributed by atoms with E-state index >= 15 is 0 Å². The van der Waals surface area contributed by atoms with Gasteiger partial charge in [0.15, 0.2) is 0 Å². The quantitative estimate of drug-likeness (QED) is 0.126. The average Bonchev–Trinajstić information content (AvgIpc) is 2.83. The van der Waals surface area contributed by atoms with Crippen LogP contribution in [-0.2, 0) is 4.79 Å². The lowest BCUT2D eigenvalue weighted by molar-refractivity contribution is -0.384. The summed E-state index contributed by atoms with van der Waals surface area (Å²) in [5.74, 6) is -1.19. The van der Waals surface area contributed by atoms with Gasteiger partial charge in [-0.25, -0.2) is 4.79 Å².